The monoisotopic (exact) mass is 332 g/mol. The lowest BCUT2D eigenvalue weighted by molar-refractivity contribution is 0.372. The number of nitrogens with one attached hydrogen (secondary N) is 1. The predicted molar refractivity (Wildman–Crippen MR) is 89.2 cm³/mol. The van der Waals surface area contributed by atoms with Crippen molar-refractivity contribution in [3.8, 4) is 0 Å². The van der Waals surface area contributed by atoms with Crippen LogP contribution >= 0.6 is 11.8 Å². The van der Waals surface area contributed by atoms with E-state index in [0.29, 0.717) is 18.3 Å². The Morgan fingerprint density at radius 3 is 3.04 bits per heavy atom. The van der Waals surface area contributed by atoms with E-state index in [0.717, 1.165) is 30.1 Å². The SMILES string of the molecule is CCc1nc(CN[C@H](CCSC)c2nnc3ccccn23)no1. The number of aromatic nitrogens is 5. The van der Waals surface area contributed by atoms with Crippen LogP contribution in [0.1, 0.15) is 36.9 Å². The van der Waals surface area contributed by atoms with Gasteiger partial charge in [-0.05, 0) is 30.6 Å². The molecule has 0 bridgehead atoms. The molecular formula is C15H20N6OS. The van der Waals surface area contributed by atoms with Crippen LogP contribution in [0.4, 0.5) is 0 Å². The largest absolute Gasteiger partial charge is 0.339 e. The first kappa shape index (κ1) is 15.9. The molecule has 0 aliphatic rings. The summed E-state index contributed by atoms with van der Waals surface area (Å²) in [4.78, 5) is 4.34. The third-order valence-electron chi connectivity index (χ3n) is 3.58. The van der Waals surface area contributed by atoms with Crippen molar-refractivity contribution in [3.63, 3.8) is 0 Å². The summed E-state index contributed by atoms with van der Waals surface area (Å²) in [5.41, 5.74) is 0.853. The Kier molecular flexibility index (Phi) is 5.24. The van der Waals surface area contributed by atoms with Gasteiger partial charge in [0.25, 0.3) is 0 Å². The highest BCUT2D eigenvalue weighted by atomic mass is 32.2. The molecule has 1 atom stereocenters. The zero-order valence-corrected chi connectivity index (χ0v) is 14.1. The van der Waals surface area contributed by atoms with E-state index in [1.54, 1.807) is 0 Å². The highest BCUT2D eigenvalue weighted by molar-refractivity contribution is 7.98. The normalized spacial score (nSPS) is 12.8. The molecule has 122 valence electrons. The Labute approximate surface area is 138 Å². The van der Waals surface area contributed by atoms with Crippen molar-refractivity contribution in [3.05, 3.63) is 41.9 Å². The van der Waals surface area contributed by atoms with Crippen LogP contribution in [0, 0.1) is 0 Å². The second kappa shape index (κ2) is 7.56. The summed E-state index contributed by atoms with van der Waals surface area (Å²) in [5.74, 6) is 3.28. The van der Waals surface area contributed by atoms with Gasteiger partial charge in [0.2, 0.25) is 5.89 Å². The van der Waals surface area contributed by atoms with E-state index < -0.39 is 0 Å². The molecular weight excluding hydrogens is 312 g/mol. The first-order valence-electron chi connectivity index (χ1n) is 7.65. The van der Waals surface area contributed by atoms with Crippen LogP contribution in [0.25, 0.3) is 5.65 Å². The van der Waals surface area contributed by atoms with E-state index in [2.05, 4.69) is 31.9 Å². The number of thioether (sulfide) groups is 1. The van der Waals surface area contributed by atoms with Crippen molar-refractivity contribution in [1.29, 1.82) is 0 Å². The lowest BCUT2D eigenvalue weighted by atomic mass is 10.2. The van der Waals surface area contributed by atoms with Crippen molar-refractivity contribution < 1.29 is 4.52 Å². The van der Waals surface area contributed by atoms with Gasteiger partial charge in [0.05, 0.1) is 12.6 Å². The van der Waals surface area contributed by atoms with Gasteiger partial charge in [-0.15, -0.1) is 10.2 Å². The van der Waals surface area contributed by atoms with Crippen molar-refractivity contribution in [2.75, 3.05) is 12.0 Å². The Bertz CT molecular complexity index is 755. The smallest absolute Gasteiger partial charge is 0.226 e. The maximum atomic E-state index is 5.15. The Morgan fingerprint density at radius 2 is 2.26 bits per heavy atom. The number of hydrogen-bond acceptors (Lipinski definition) is 7. The summed E-state index contributed by atoms with van der Waals surface area (Å²) < 4.78 is 7.17. The molecule has 3 heterocycles. The van der Waals surface area contributed by atoms with Crippen LogP contribution in [0.3, 0.4) is 0 Å². The van der Waals surface area contributed by atoms with Crippen molar-refractivity contribution >= 4 is 17.4 Å². The van der Waals surface area contributed by atoms with Crippen molar-refractivity contribution in [2.45, 2.75) is 32.4 Å². The van der Waals surface area contributed by atoms with Gasteiger partial charge in [0.1, 0.15) is 0 Å². The summed E-state index contributed by atoms with van der Waals surface area (Å²) in [7, 11) is 0. The average molecular weight is 332 g/mol. The number of rotatable bonds is 8. The first-order chi connectivity index (χ1) is 11.3. The maximum absolute atomic E-state index is 5.15. The minimum atomic E-state index is 0.0865. The van der Waals surface area contributed by atoms with E-state index in [1.165, 1.54) is 0 Å². The Balaban J connectivity index is 1.77. The zero-order chi connectivity index (χ0) is 16.1. The van der Waals surface area contributed by atoms with Crippen LogP contribution in [-0.4, -0.2) is 36.7 Å². The lowest BCUT2D eigenvalue weighted by Crippen LogP contribution is -2.24. The van der Waals surface area contributed by atoms with Crippen LogP contribution in [-0.2, 0) is 13.0 Å². The highest BCUT2D eigenvalue weighted by Crippen LogP contribution is 2.18. The molecule has 0 aliphatic heterocycles. The van der Waals surface area contributed by atoms with E-state index in [-0.39, 0.29) is 6.04 Å². The van der Waals surface area contributed by atoms with Crippen LogP contribution in [0.2, 0.25) is 0 Å². The summed E-state index contributed by atoms with van der Waals surface area (Å²) in [6.07, 6.45) is 5.79. The molecule has 7 nitrogen and oxygen atoms in total. The second-order valence-corrected chi connectivity index (χ2v) is 6.15. The lowest BCUT2D eigenvalue weighted by Gasteiger charge is -2.15. The maximum Gasteiger partial charge on any atom is 0.226 e. The zero-order valence-electron chi connectivity index (χ0n) is 13.3. The van der Waals surface area contributed by atoms with Gasteiger partial charge in [-0.2, -0.15) is 16.7 Å². The fourth-order valence-electron chi connectivity index (χ4n) is 2.38. The molecule has 0 radical (unpaired) electrons. The highest BCUT2D eigenvalue weighted by Gasteiger charge is 2.18. The topological polar surface area (TPSA) is 81.1 Å². The molecule has 0 unspecified atom stereocenters. The number of nitrogens with zero attached hydrogens (tertiary/aromatic N) is 5. The van der Waals surface area contributed by atoms with Gasteiger partial charge in [0, 0.05) is 12.6 Å². The molecule has 8 heteroatoms. The summed E-state index contributed by atoms with van der Waals surface area (Å²) >= 11 is 1.81. The molecule has 3 aromatic heterocycles. The fraction of sp³-hybridized carbons (Fsp3) is 0.467. The Morgan fingerprint density at radius 1 is 1.35 bits per heavy atom. The minimum Gasteiger partial charge on any atom is -0.339 e. The number of fused-ring (bicyclic) bond motifs is 1. The van der Waals surface area contributed by atoms with Gasteiger partial charge < -0.3 is 9.84 Å². The third-order valence-corrected chi connectivity index (χ3v) is 4.23. The number of hydrogen-bond donors (Lipinski definition) is 1. The van der Waals surface area contributed by atoms with Crippen LogP contribution in [0.15, 0.2) is 28.9 Å². The van der Waals surface area contributed by atoms with Gasteiger partial charge in [-0.25, -0.2) is 0 Å². The molecule has 0 fully saturated rings. The standard InChI is InChI=1S/C15H20N6OS/c1-3-14-17-12(20-22-14)10-16-11(7-9-23-2)15-19-18-13-6-4-5-8-21(13)15/h4-6,8,11,16H,3,7,9-10H2,1-2H3/t11-/m1/s1. The molecule has 3 rings (SSSR count). The first-order valence-corrected chi connectivity index (χ1v) is 9.04. The molecule has 0 saturated carbocycles. The average Bonchev–Trinajstić information content (AvgIpc) is 3.22. The van der Waals surface area contributed by atoms with Crippen LogP contribution < -0.4 is 5.32 Å². The molecule has 0 amide bonds. The van der Waals surface area contributed by atoms with Gasteiger partial charge in [-0.1, -0.05) is 18.1 Å². The number of pyridine rings is 1. The quantitative estimate of drug-likeness (QED) is 0.677. The molecule has 0 spiro atoms. The van der Waals surface area contributed by atoms with Gasteiger partial charge in [-0.3, -0.25) is 4.40 Å². The van der Waals surface area contributed by atoms with Gasteiger partial charge >= 0.3 is 0 Å². The molecule has 23 heavy (non-hydrogen) atoms. The molecule has 0 saturated heterocycles. The molecule has 0 aromatic carbocycles. The minimum absolute atomic E-state index is 0.0865. The summed E-state index contributed by atoms with van der Waals surface area (Å²) in [6.45, 7) is 2.54. The van der Waals surface area contributed by atoms with E-state index in [1.807, 2.05) is 47.5 Å². The third kappa shape index (κ3) is 3.70. The van der Waals surface area contributed by atoms with E-state index in [4.69, 9.17) is 4.52 Å². The molecule has 0 aliphatic carbocycles. The number of aryl methyl sites for hydroxylation is 1. The van der Waals surface area contributed by atoms with Crippen molar-refractivity contribution in [2.24, 2.45) is 0 Å². The summed E-state index contributed by atoms with van der Waals surface area (Å²) in [6, 6.07) is 5.99. The summed E-state index contributed by atoms with van der Waals surface area (Å²) in [5, 5.41) is 16.1. The fourth-order valence-corrected chi connectivity index (χ4v) is 2.85. The van der Waals surface area contributed by atoms with Gasteiger partial charge in [0.15, 0.2) is 17.3 Å². The van der Waals surface area contributed by atoms with E-state index >= 15 is 0 Å². The second-order valence-electron chi connectivity index (χ2n) is 5.16. The van der Waals surface area contributed by atoms with Crippen molar-refractivity contribution in [1.82, 2.24) is 30.1 Å². The van der Waals surface area contributed by atoms with E-state index in [9.17, 15) is 0 Å². The molecule has 1 N–H and O–H groups in total. The van der Waals surface area contributed by atoms with Crippen LogP contribution in [0.5, 0.6) is 0 Å². The predicted octanol–water partition coefficient (Wildman–Crippen LogP) is 2.26. The molecule has 3 aromatic rings. The Hall–Kier alpha value is -1.93.